The number of esters is 1. The highest BCUT2D eigenvalue weighted by Gasteiger charge is 2.62. The van der Waals surface area contributed by atoms with Gasteiger partial charge in [0.2, 0.25) is 11.8 Å². The lowest BCUT2D eigenvalue weighted by molar-refractivity contribution is -0.132. The average molecular weight is 522 g/mol. The van der Waals surface area contributed by atoms with Crippen LogP contribution in [0.1, 0.15) is 18.1 Å². The van der Waals surface area contributed by atoms with E-state index in [0.717, 1.165) is 33.8 Å². The van der Waals surface area contributed by atoms with Gasteiger partial charge in [-0.3, -0.25) is 14.4 Å². The van der Waals surface area contributed by atoms with Crippen LogP contribution in [0.15, 0.2) is 90.5 Å². The van der Waals surface area contributed by atoms with Gasteiger partial charge in [-0.15, -0.1) is 0 Å². The van der Waals surface area contributed by atoms with Gasteiger partial charge in [0.1, 0.15) is 17.2 Å². The van der Waals surface area contributed by atoms with Crippen LogP contribution in [0.5, 0.6) is 17.2 Å². The first-order chi connectivity index (χ1) is 18.9. The Hall–Kier alpha value is -4.65. The number of carbonyl (C=O) groups excluding carboxylic acids is 3. The largest absolute Gasteiger partial charge is 0.497 e. The van der Waals surface area contributed by atoms with E-state index in [1.54, 1.807) is 38.5 Å². The molecule has 0 radical (unpaired) electrons. The van der Waals surface area contributed by atoms with Gasteiger partial charge >= 0.3 is 5.97 Å². The summed E-state index contributed by atoms with van der Waals surface area (Å²) in [5.74, 6) is -0.553. The quantitative estimate of drug-likeness (QED) is 0.195. The summed E-state index contributed by atoms with van der Waals surface area (Å²) in [4.78, 5) is 40.4. The van der Waals surface area contributed by atoms with Gasteiger partial charge in [0, 0.05) is 24.8 Å². The zero-order chi connectivity index (χ0) is 27.3. The molecule has 1 heterocycles. The molecule has 3 aromatic carbocycles. The normalized spacial score (nSPS) is 22.7. The molecule has 7 nitrogen and oxygen atoms in total. The summed E-state index contributed by atoms with van der Waals surface area (Å²) in [6, 6.07) is 22.2. The summed E-state index contributed by atoms with van der Waals surface area (Å²) < 4.78 is 15.9. The van der Waals surface area contributed by atoms with Crippen molar-refractivity contribution in [3.05, 3.63) is 102 Å². The Morgan fingerprint density at radius 1 is 0.718 bits per heavy atom. The van der Waals surface area contributed by atoms with Gasteiger partial charge in [-0.1, -0.05) is 42.5 Å². The maximum absolute atomic E-state index is 13.8. The van der Waals surface area contributed by atoms with Crippen LogP contribution in [0, 0.1) is 23.7 Å². The van der Waals surface area contributed by atoms with E-state index in [2.05, 4.69) is 12.2 Å². The standard InChI is InChI=1S/C32H27NO6/c1-18(34)39-24-6-4-5-21(17-24)33-31(35)29-25-15-16-26(30(29)32(33)36)28(25)27(19-7-11-22(37-2)12-8-19)20-9-13-23(38-3)14-10-20/h4-17,25-26,29-30H,1-3H3/t25-,26-,29-,30+/m1/s1. The Labute approximate surface area is 226 Å². The van der Waals surface area contributed by atoms with Crippen LogP contribution in [-0.4, -0.2) is 32.0 Å². The molecule has 1 aliphatic heterocycles. The highest BCUT2D eigenvalue weighted by Crippen LogP contribution is 2.59. The minimum Gasteiger partial charge on any atom is -0.497 e. The molecule has 0 unspecified atom stereocenters. The van der Waals surface area contributed by atoms with E-state index in [4.69, 9.17) is 14.2 Å². The maximum atomic E-state index is 13.8. The molecule has 2 amide bonds. The molecule has 196 valence electrons. The minimum absolute atomic E-state index is 0.211. The van der Waals surface area contributed by atoms with Crippen molar-refractivity contribution in [2.45, 2.75) is 6.92 Å². The molecule has 2 fully saturated rings. The number of methoxy groups -OCH3 is 2. The zero-order valence-electron chi connectivity index (χ0n) is 21.8. The van der Waals surface area contributed by atoms with Gasteiger partial charge in [0.25, 0.3) is 0 Å². The molecule has 39 heavy (non-hydrogen) atoms. The Morgan fingerprint density at radius 3 is 1.69 bits per heavy atom. The van der Waals surface area contributed by atoms with Crippen molar-refractivity contribution >= 4 is 29.0 Å². The predicted octanol–water partition coefficient (Wildman–Crippen LogP) is 5.05. The first kappa shape index (κ1) is 24.7. The van der Waals surface area contributed by atoms with E-state index in [1.807, 2.05) is 48.5 Å². The molecule has 6 rings (SSSR count). The van der Waals surface area contributed by atoms with E-state index in [0.29, 0.717) is 11.4 Å². The van der Waals surface area contributed by atoms with E-state index in [-0.39, 0.29) is 23.7 Å². The van der Waals surface area contributed by atoms with Gasteiger partial charge in [-0.2, -0.15) is 0 Å². The number of allylic oxidation sites excluding steroid dienone is 3. The van der Waals surface area contributed by atoms with Crippen LogP contribution in [0.25, 0.3) is 5.57 Å². The van der Waals surface area contributed by atoms with Gasteiger partial charge in [-0.05, 0) is 58.7 Å². The van der Waals surface area contributed by atoms with Crippen LogP contribution in [0.2, 0.25) is 0 Å². The van der Waals surface area contributed by atoms with Crippen molar-refractivity contribution in [2.75, 3.05) is 19.1 Å². The van der Waals surface area contributed by atoms with Crippen molar-refractivity contribution in [3.63, 3.8) is 0 Å². The SMILES string of the molecule is COc1ccc(C(=C2[C@H]3C=C[C@H]2[C@H]2C(=O)N(c4cccc(OC(C)=O)c4)C(=O)[C@H]23)c2ccc(OC)cc2)cc1. The number of fused-ring (bicyclic) bond motifs is 5. The average Bonchev–Trinajstić information content (AvgIpc) is 3.58. The number of nitrogens with zero attached hydrogens (tertiary/aromatic N) is 1. The summed E-state index contributed by atoms with van der Waals surface area (Å²) in [5.41, 5.74) is 4.48. The summed E-state index contributed by atoms with van der Waals surface area (Å²) in [6.07, 6.45) is 4.14. The Kier molecular flexibility index (Phi) is 6.06. The number of carbonyl (C=O) groups is 3. The molecule has 1 saturated heterocycles. The highest BCUT2D eigenvalue weighted by atomic mass is 16.5. The second kappa shape index (κ2) is 9.58. The summed E-state index contributed by atoms with van der Waals surface area (Å²) in [7, 11) is 3.26. The maximum Gasteiger partial charge on any atom is 0.308 e. The lowest BCUT2D eigenvalue weighted by Crippen LogP contribution is -2.33. The number of rotatable bonds is 6. The fourth-order valence-electron chi connectivity index (χ4n) is 6.22. The van der Waals surface area contributed by atoms with E-state index < -0.39 is 17.8 Å². The molecule has 4 atom stereocenters. The Balaban J connectivity index is 1.43. The second-order valence-corrected chi connectivity index (χ2v) is 9.88. The monoisotopic (exact) mass is 521 g/mol. The van der Waals surface area contributed by atoms with Crippen molar-refractivity contribution in [1.82, 2.24) is 0 Å². The number of hydrogen-bond donors (Lipinski definition) is 0. The third kappa shape index (κ3) is 4.02. The van der Waals surface area contributed by atoms with Crippen LogP contribution in [0.3, 0.4) is 0 Å². The number of benzene rings is 3. The molecule has 7 heteroatoms. The highest BCUT2D eigenvalue weighted by molar-refractivity contribution is 6.23. The fourth-order valence-corrected chi connectivity index (χ4v) is 6.22. The zero-order valence-corrected chi connectivity index (χ0v) is 21.8. The molecule has 3 aromatic rings. The molecule has 0 N–H and O–H groups in total. The summed E-state index contributed by atoms with van der Waals surface area (Å²) >= 11 is 0. The molecule has 0 aromatic heterocycles. The van der Waals surface area contributed by atoms with Crippen LogP contribution < -0.4 is 19.1 Å². The summed E-state index contributed by atoms with van der Waals surface area (Å²) in [6.45, 7) is 1.31. The smallest absolute Gasteiger partial charge is 0.308 e. The van der Waals surface area contributed by atoms with Crippen LogP contribution >= 0.6 is 0 Å². The number of hydrogen-bond acceptors (Lipinski definition) is 6. The van der Waals surface area contributed by atoms with Crippen molar-refractivity contribution in [2.24, 2.45) is 23.7 Å². The van der Waals surface area contributed by atoms with E-state index in [9.17, 15) is 14.4 Å². The van der Waals surface area contributed by atoms with Crippen molar-refractivity contribution < 1.29 is 28.6 Å². The first-order valence-corrected chi connectivity index (χ1v) is 12.8. The molecule has 2 bridgehead atoms. The van der Waals surface area contributed by atoms with Gasteiger partial charge in [0.15, 0.2) is 0 Å². The van der Waals surface area contributed by atoms with Gasteiger partial charge in [-0.25, -0.2) is 4.90 Å². The van der Waals surface area contributed by atoms with Gasteiger partial charge < -0.3 is 14.2 Å². The second-order valence-electron chi connectivity index (χ2n) is 9.88. The molecular weight excluding hydrogens is 494 g/mol. The molecule has 0 spiro atoms. The Bertz CT molecular complexity index is 1450. The number of ether oxygens (including phenoxy) is 3. The van der Waals surface area contributed by atoms with Crippen LogP contribution in [-0.2, 0) is 14.4 Å². The third-order valence-corrected chi connectivity index (χ3v) is 7.80. The number of imide groups is 1. The number of anilines is 1. The minimum atomic E-state index is -0.494. The van der Waals surface area contributed by atoms with Crippen LogP contribution in [0.4, 0.5) is 5.69 Å². The van der Waals surface area contributed by atoms with Gasteiger partial charge in [0.05, 0.1) is 31.7 Å². The topological polar surface area (TPSA) is 82.1 Å². The number of amides is 2. The Morgan fingerprint density at radius 2 is 1.23 bits per heavy atom. The predicted molar refractivity (Wildman–Crippen MR) is 145 cm³/mol. The lowest BCUT2D eigenvalue weighted by Gasteiger charge is -2.22. The third-order valence-electron chi connectivity index (χ3n) is 7.80. The summed E-state index contributed by atoms with van der Waals surface area (Å²) in [5, 5.41) is 0. The molecule has 1 saturated carbocycles. The van der Waals surface area contributed by atoms with E-state index >= 15 is 0 Å². The fraction of sp³-hybridized carbons (Fsp3) is 0.219. The lowest BCUT2D eigenvalue weighted by atomic mass is 9.85. The molecule has 3 aliphatic rings. The molecular formula is C32H27NO6. The van der Waals surface area contributed by atoms with Crippen molar-refractivity contribution in [1.29, 1.82) is 0 Å². The molecule has 2 aliphatic carbocycles. The van der Waals surface area contributed by atoms with E-state index in [1.165, 1.54) is 11.8 Å². The van der Waals surface area contributed by atoms with Crippen molar-refractivity contribution in [3.8, 4) is 17.2 Å². The first-order valence-electron chi connectivity index (χ1n) is 12.8.